The summed E-state index contributed by atoms with van der Waals surface area (Å²) in [6.07, 6.45) is 1.37. The number of rotatable bonds is 4. The summed E-state index contributed by atoms with van der Waals surface area (Å²) in [5.74, 6) is -0.660. The molecule has 30 heavy (non-hydrogen) atoms. The number of hydrogen-bond acceptors (Lipinski definition) is 5. The molecule has 2 aromatic carbocycles. The van der Waals surface area contributed by atoms with E-state index in [0.717, 1.165) is 5.56 Å². The van der Waals surface area contributed by atoms with E-state index in [4.69, 9.17) is 0 Å². The highest BCUT2D eigenvalue weighted by Crippen LogP contribution is 2.31. The van der Waals surface area contributed by atoms with Crippen LogP contribution in [-0.2, 0) is 14.4 Å². The lowest BCUT2D eigenvalue weighted by molar-refractivity contribution is -0.123. The molecule has 0 aromatic heterocycles. The van der Waals surface area contributed by atoms with Crippen molar-refractivity contribution in [3.05, 3.63) is 54.1 Å². The second-order valence-electron chi connectivity index (χ2n) is 7.89. The minimum atomic E-state index is -0.473. The molecule has 2 N–H and O–H groups in total. The maximum Gasteiger partial charge on any atom is 0.251 e. The van der Waals surface area contributed by atoms with E-state index >= 15 is 0 Å². The predicted octanol–water partition coefficient (Wildman–Crippen LogP) is 2.68. The molecule has 7 nitrogen and oxygen atoms in total. The molecular formula is C23H25N3O4. The molecule has 2 aliphatic heterocycles. The molecule has 2 saturated heterocycles. The summed E-state index contributed by atoms with van der Waals surface area (Å²) in [4.78, 5) is 41.5. The Morgan fingerprint density at radius 1 is 1.03 bits per heavy atom. The smallest absolute Gasteiger partial charge is 0.251 e. The number of nitrogens with one attached hydrogen (secondary N) is 1. The highest BCUT2D eigenvalue weighted by atomic mass is 16.3. The van der Waals surface area contributed by atoms with Gasteiger partial charge in [-0.25, -0.2) is 4.90 Å². The first-order chi connectivity index (χ1) is 14.5. The fourth-order valence-electron chi connectivity index (χ4n) is 4.26. The van der Waals surface area contributed by atoms with Crippen molar-refractivity contribution >= 4 is 29.1 Å². The van der Waals surface area contributed by atoms with E-state index in [1.54, 1.807) is 24.3 Å². The molecule has 0 aliphatic carbocycles. The van der Waals surface area contributed by atoms with E-state index in [1.165, 1.54) is 11.0 Å². The second-order valence-corrected chi connectivity index (χ2v) is 7.89. The van der Waals surface area contributed by atoms with Crippen molar-refractivity contribution in [2.45, 2.75) is 32.2 Å². The number of carbonyl (C=O) groups excluding carboxylic acids is 3. The van der Waals surface area contributed by atoms with Gasteiger partial charge in [0.05, 0.1) is 23.8 Å². The number of aromatic hydroxyl groups is 1. The molecular weight excluding hydrogens is 382 g/mol. The number of likely N-dealkylation sites (tertiary alicyclic amines) is 1. The molecule has 0 bridgehead atoms. The zero-order chi connectivity index (χ0) is 21.3. The summed E-state index contributed by atoms with van der Waals surface area (Å²) in [7, 11) is 0. The molecule has 7 heteroatoms. The maximum absolute atomic E-state index is 13.0. The minimum Gasteiger partial charge on any atom is -0.506 e. The summed E-state index contributed by atoms with van der Waals surface area (Å²) < 4.78 is 0. The molecule has 3 amide bonds. The van der Waals surface area contributed by atoms with Crippen LogP contribution < -0.4 is 10.2 Å². The molecule has 0 unspecified atom stereocenters. The quantitative estimate of drug-likeness (QED) is 0.601. The first-order valence-corrected chi connectivity index (χ1v) is 10.2. The van der Waals surface area contributed by atoms with Crippen LogP contribution in [0.5, 0.6) is 5.75 Å². The lowest BCUT2D eigenvalue weighted by Gasteiger charge is -2.34. The van der Waals surface area contributed by atoms with Crippen molar-refractivity contribution < 1.29 is 19.5 Å². The molecule has 2 aliphatic rings. The highest BCUT2D eigenvalue weighted by molar-refractivity contribution is 6.22. The third-order valence-corrected chi connectivity index (χ3v) is 5.98. The molecule has 156 valence electrons. The molecule has 1 atom stereocenters. The summed E-state index contributed by atoms with van der Waals surface area (Å²) in [5.41, 5.74) is 1.93. The number of para-hydroxylation sites is 3. The van der Waals surface area contributed by atoms with Gasteiger partial charge in [-0.1, -0.05) is 30.3 Å². The normalized spacial score (nSPS) is 20.6. The summed E-state index contributed by atoms with van der Waals surface area (Å²) in [6, 6.07) is 13.5. The second kappa shape index (κ2) is 8.28. The molecule has 0 saturated carbocycles. The Balaban J connectivity index is 1.38. The monoisotopic (exact) mass is 407 g/mol. The maximum atomic E-state index is 13.0. The Labute approximate surface area is 175 Å². The third kappa shape index (κ3) is 3.80. The Bertz CT molecular complexity index is 982. The van der Waals surface area contributed by atoms with E-state index in [-0.39, 0.29) is 35.8 Å². The number of carbonyl (C=O) groups is 3. The first-order valence-electron chi connectivity index (χ1n) is 10.2. The van der Waals surface area contributed by atoms with E-state index in [1.807, 2.05) is 30.0 Å². The Hall–Kier alpha value is -3.19. The number of imide groups is 1. The van der Waals surface area contributed by atoms with Gasteiger partial charge in [-0.2, -0.15) is 0 Å². The number of amides is 3. The van der Waals surface area contributed by atoms with Gasteiger partial charge < -0.3 is 10.4 Å². The average molecular weight is 407 g/mol. The van der Waals surface area contributed by atoms with Crippen LogP contribution in [0.4, 0.5) is 11.4 Å². The van der Waals surface area contributed by atoms with Crippen LogP contribution in [0.15, 0.2) is 48.5 Å². The number of piperidine rings is 1. The van der Waals surface area contributed by atoms with E-state index in [2.05, 4.69) is 5.32 Å². The number of aryl methyl sites for hydroxylation is 1. The van der Waals surface area contributed by atoms with Crippen molar-refractivity contribution in [1.82, 2.24) is 4.90 Å². The summed E-state index contributed by atoms with van der Waals surface area (Å²) in [5, 5.41) is 12.6. The third-order valence-electron chi connectivity index (χ3n) is 5.98. The van der Waals surface area contributed by atoms with Crippen molar-refractivity contribution in [2.24, 2.45) is 5.92 Å². The molecule has 2 heterocycles. The van der Waals surface area contributed by atoms with Crippen molar-refractivity contribution in [3.63, 3.8) is 0 Å². The van der Waals surface area contributed by atoms with Gasteiger partial charge in [-0.15, -0.1) is 0 Å². The SMILES string of the molecule is Cc1ccccc1N1C(=O)C[C@@H](N2CCC(C(=O)Nc3ccccc3O)CC2)C1=O. The highest BCUT2D eigenvalue weighted by Gasteiger charge is 2.44. The van der Waals surface area contributed by atoms with Gasteiger partial charge >= 0.3 is 0 Å². The first kappa shape index (κ1) is 20.1. The van der Waals surface area contributed by atoms with Gasteiger partial charge in [-0.05, 0) is 56.6 Å². The van der Waals surface area contributed by atoms with Gasteiger partial charge in [0.25, 0.3) is 5.91 Å². The minimum absolute atomic E-state index is 0.0367. The zero-order valence-electron chi connectivity index (χ0n) is 16.9. The number of nitrogens with zero attached hydrogens (tertiary/aromatic N) is 2. The summed E-state index contributed by atoms with van der Waals surface area (Å²) >= 11 is 0. The number of phenols is 1. The Morgan fingerprint density at radius 2 is 1.70 bits per heavy atom. The molecule has 2 aromatic rings. The fourth-order valence-corrected chi connectivity index (χ4v) is 4.26. The van der Waals surface area contributed by atoms with Gasteiger partial charge in [0.2, 0.25) is 11.8 Å². The van der Waals surface area contributed by atoms with Crippen LogP contribution in [0.25, 0.3) is 0 Å². The van der Waals surface area contributed by atoms with Crippen LogP contribution >= 0.6 is 0 Å². The van der Waals surface area contributed by atoms with Crippen molar-refractivity contribution in [3.8, 4) is 5.75 Å². The summed E-state index contributed by atoms with van der Waals surface area (Å²) in [6.45, 7) is 3.03. The number of anilines is 2. The van der Waals surface area contributed by atoms with Crippen LogP contribution in [0.2, 0.25) is 0 Å². The standard InChI is InChI=1S/C23H25N3O4/c1-15-6-2-4-8-18(15)26-21(28)14-19(23(26)30)25-12-10-16(11-13-25)22(29)24-17-7-3-5-9-20(17)27/h2-9,16,19,27H,10-14H2,1H3,(H,24,29)/t19-/m1/s1. The van der Waals surface area contributed by atoms with Crippen molar-refractivity contribution in [1.29, 1.82) is 0 Å². The largest absolute Gasteiger partial charge is 0.506 e. The predicted molar refractivity (Wildman–Crippen MR) is 113 cm³/mol. The van der Waals surface area contributed by atoms with Crippen LogP contribution in [0, 0.1) is 12.8 Å². The molecule has 0 radical (unpaired) electrons. The van der Waals surface area contributed by atoms with Crippen LogP contribution in [0.1, 0.15) is 24.8 Å². The van der Waals surface area contributed by atoms with Crippen LogP contribution in [-0.4, -0.2) is 46.9 Å². The molecule has 2 fully saturated rings. The topological polar surface area (TPSA) is 90.0 Å². The van der Waals surface area contributed by atoms with Gasteiger partial charge in [0.15, 0.2) is 0 Å². The van der Waals surface area contributed by atoms with Gasteiger partial charge in [-0.3, -0.25) is 19.3 Å². The zero-order valence-corrected chi connectivity index (χ0v) is 16.9. The number of hydrogen-bond donors (Lipinski definition) is 2. The van der Waals surface area contributed by atoms with Crippen LogP contribution in [0.3, 0.4) is 0 Å². The van der Waals surface area contributed by atoms with Crippen molar-refractivity contribution in [2.75, 3.05) is 23.3 Å². The lowest BCUT2D eigenvalue weighted by atomic mass is 9.94. The molecule has 4 rings (SSSR count). The number of phenolic OH excluding ortho intramolecular Hbond substituents is 1. The Morgan fingerprint density at radius 3 is 2.40 bits per heavy atom. The van der Waals surface area contributed by atoms with Gasteiger partial charge in [0.1, 0.15) is 5.75 Å². The molecule has 0 spiro atoms. The lowest BCUT2D eigenvalue weighted by Crippen LogP contribution is -2.47. The van der Waals surface area contributed by atoms with E-state index in [9.17, 15) is 19.5 Å². The van der Waals surface area contributed by atoms with E-state index in [0.29, 0.717) is 37.3 Å². The fraction of sp³-hybridized carbons (Fsp3) is 0.348. The van der Waals surface area contributed by atoms with Gasteiger partial charge in [0, 0.05) is 5.92 Å². The van der Waals surface area contributed by atoms with E-state index < -0.39 is 6.04 Å². The number of benzene rings is 2. The Kier molecular flexibility index (Phi) is 5.55. The average Bonchev–Trinajstić information content (AvgIpc) is 3.04.